The maximum absolute atomic E-state index is 13.8. The SMILES string of the molecule is Cc1cccc(NS(=O)(=O)c2ccc(CO)cc2F)n1. The van der Waals surface area contributed by atoms with Gasteiger partial charge in [0.2, 0.25) is 0 Å². The number of aromatic nitrogens is 1. The molecule has 0 aliphatic carbocycles. The molecule has 0 aliphatic rings. The normalized spacial score (nSPS) is 11.3. The maximum Gasteiger partial charge on any atom is 0.265 e. The summed E-state index contributed by atoms with van der Waals surface area (Å²) < 4.78 is 40.1. The Balaban J connectivity index is 2.36. The highest BCUT2D eigenvalue weighted by atomic mass is 32.2. The topological polar surface area (TPSA) is 79.3 Å². The molecule has 0 unspecified atom stereocenters. The van der Waals surface area contributed by atoms with Crippen molar-refractivity contribution in [3.63, 3.8) is 0 Å². The lowest BCUT2D eigenvalue weighted by atomic mass is 10.2. The molecule has 2 N–H and O–H groups in total. The van der Waals surface area contributed by atoms with Crippen molar-refractivity contribution in [2.45, 2.75) is 18.4 Å². The van der Waals surface area contributed by atoms with E-state index in [2.05, 4.69) is 9.71 Å². The van der Waals surface area contributed by atoms with Crippen LogP contribution >= 0.6 is 0 Å². The number of nitrogens with zero attached hydrogens (tertiary/aromatic N) is 1. The summed E-state index contributed by atoms with van der Waals surface area (Å²) in [6.07, 6.45) is 0. The van der Waals surface area contributed by atoms with E-state index in [1.165, 1.54) is 12.1 Å². The molecular weight excluding hydrogens is 283 g/mol. The third-order valence-electron chi connectivity index (χ3n) is 2.60. The van der Waals surface area contributed by atoms with Crippen LogP contribution in [0, 0.1) is 12.7 Å². The van der Waals surface area contributed by atoms with Gasteiger partial charge in [-0.05, 0) is 36.8 Å². The molecule has 0 spiro atoms. The standard InChI is InChI=1S/C13H13FN2O3S/c1-9-3-2-4-13(15-9)16-20(18,19)12-6-5-10(8-17)7-11(12)14/h2-7,17H,8H2,1H3,(H,15,16). The summed E-state index contributed by atoms with van der Waals surface area (Å²) in [6.45, 7) is 1.36. The predicted octanol–water partition coefficient (Wildman–Crippen LogP) is 1.82. The van der Waals surface area contributed by atoms with Gasteiger partial charge in [-0.2, -0.15) is 0 Å². The minimum Gasteiger partial charge on any atom is -0.392 e. The van der Waals surface area contributed by atoms with E-state index in [1.807, 2.05) is 0 Å². The van der Waals surface area contributed by atoms with Crippen LogP contribution < -0.4 is 4.72 Å². The van der Waals surface area contributed by atoms with Gasteiger partial charge in [0.15, 0.2) is 0 Å². The van der Waals surface area contributed by atoms with Gasteiger partial charge >= 0.3 is 0 Å². The molecule has 106 valence electrons. The minimum absolute atomic E-state index is 0.121. The number of aliphatic hydroxyl groups excluding tert-OH is 1. The molecule has 0 fully saturated rings. The molecule has 0 radical (unpaired) electrons. The van der Waals surface area contributed by atoms with Crippen LogP contribution in [0.1, 0.15) is 11.3 Å². The van der Waals surface area contributed by atoms with E-state index in [-0.39, 0.29) is 12.4 Å². The van der Waals surface area contributed by atoms with Crippen LogP contribution in [-0.2, 0) is 16.6 Å². The number of nitrogens with one attached hydrogen (secondary N) is 1. The first-order valence-corrected chi connectivity index (χ1v) is 7.26. The van der Waals surface area contributed by atoms with Crippen molar-refractivity contribution in [2.24, 2.45) is 0 Å². The van der Waals surface area contributed by atoms with E-state index < -0.39 is 20.7 Å². The van der Waals surface area contributed by atoms with E-state index in [9.17, 15) is 12.8 Å². The third-order valence-corrected chi connectivity index (χ3v) is 3.98. The number of aliphatic hydroxyl groups is 1. The van der Waals surface area contributed by atoms with E-state index >= 15 is 0 Å². The van der Waals surface area contributed by atoms with Gasteiger partial charge in [-0.3, -0.25) is 4.72 Å². The number of benzene rings is 1. The van der Waals surface area contributed by atoms with Crippen LogP contribution in [0.15, 0.2) is 41.3 Å². The second-order valence-electron chi connectivity index (χ2n) is 4.19. The summed E-state index contributed by atoms with van der Waals surface area (Å²) in [5, 5.41) is 8.88. The molecule has 0 aliphatic heterocycles. The highest BCUT2D eigenvalue weighted by Crippen LogP contribution is 2.19. The van der Waals surface area contributed by atoms with Crippen molar-refractivity contribution in [1.82, 2.24) is 4.98 Å². The first-order chi connectivity index (χ1) is 9.42. The molecule has 0 bridgehead atoms. The fraction of sp³-hybridized carbons (Fsp3) is 0.154. The molecule has 20 heavy (non-hydrogen) atoms. The smallest absolute Gasteiger partial charge is 0.265 e. The van der Waals surface area contributed by atoms with Crippen LogP contribution in [0.2, 0.25) is 0 Å². The molecule has 0 amide bonds. The number of hydrogen-bond donors (Lipinski definition) is 2. The number of aryl methyl sites for hydroxylation is 1. The lowest BCUT2D eigenvalue weighted by Gasteiger charge is -2.09. The zero-order valence-electron chi connectivity index (χ0n) is 10.7. The van der Waals surface area contributed by atoms with Gasteiger partial charge in [0.1, 0.15) is 16.5 Å². The molecule has 1 aromatic heterocycles. The van der Waals surface area contributed by atoms with Gasteiger partial charge in [-0.15, -0.1) is 0 Å². The van der Waals surface area contributed by atoms with E-state index in [0.717, 1.165) is 12.1 Å². The molecular formula is C13H13FN2O3S. The Hall–Kier alpha value is -1.99. The zero-order chi connectivity index (χ0) is 14.8. The van der Waals surface area contributed by atoms with Crippen LogP contribution in [0.3, 0.4) is 0 Å². The first kappa shape index (κ1) is 14.4. The third kappa shape index (κ3) is 3.12. The molecule has 1 heterocycles. The lowest BCUT2D eigenvalue weighted by molar-refractivity contribution is 0.281. The molecule has 1 aromatic carbocycles. The number of rotatable bonds is 4. The van der Waals surface area contributed by atoms with Crippen molar-refractivity contribution in [1.29, 1.82) is 0 Å². The monoisotopic (exact) mass is 296 g/mol. The Morgan fingerprint density at radius 1 is 1.30 bits per heavy atom. The predicted molar refractivity (Wildman–Crippen MR) is 72.1 cm³/mol. The molecule has 0 atom stereocenters. The molecule has 2 rings (SSSR count). The fourth-order valence-corrected chi connectivity index (χ4v) is 2.71. The summed E-state index contributed by atoms with van der Waals surface area (Å²) in [4.78, 5) is 3.51. The van der Waals surface area contributed by atoms with Crippen molar-refractivity contribution >= 4 is 15.8 Å². The highest BCUT2D eigenvalue weighted by Gasteiger charge is 2.19. The minimum atomic E-state index is -4.05. The number of hydrogen-bond acceptors (Lipinski definition) is 4. The number of anilines is 1. The van der Waals surface area contributed by atoms with Gasteiger partial charge in [-0.1, -0.05) is 12.1 Å². The van der Waals surface area contributed by atoms with Crippen molar-refractivity contribution in [3.05, 3.63) is 53.5 Å². The zero-order valence-corrected chi connectivity index (χ0v) is 11.5. The average molecular weight is 296 g/mol. The number of sulfonamides is 1. The second kappa shape index (κ2) is 5.56. The summed E-state index contributed by atoms with van der Waals surface area (Å²) in [7, 11) is -4.05. The second-order valence-corrected chi connectivity index (χ2v) is 5.84. The quantitative estimate of drug-likeness (QED) is 0.902. The van der Waals surface area contributed by atoms with Crippen LogP contribution in [0.4, 0.5) is 10.2 Å². The Bertz CT molecular complexity index is 732. The Labute approximate surface area is 116 Å². The van der Waals surface area contributed by atoms with Crippen LogP contribution in [-0.4, -0.2) is 18.5 Å². The maximum atomic E-state index is 13.8. The van der Waals surface area contributed by atoms with Crippen molar-refractivity contribution in [2.75, 3.05) is 4.72 Å². The van der Waals surface area contributed by atoms with Crippen LogP contribution in [0.5, 0.6) is 0 Å². The summed E-state index contributed by atoms with van der Waals surface area (Å²) in [5.74, 6) is -0.799. The molecule has 5 nitrogen and oxygen atoms in total. The van der Waals surface area contributed by atoms with Gasteiger partial charge in [0.05, 0.1) is 6.61 Å². The van der Waals surface area contributed by atoms with E-state index in [0.29, 0.717) is 11.3 Å². The van der Waals surface area contributed by atoms with Gasteiger partial charge in [0, 0.05) is 5.69 Å². The van der Waals surface area contributed by atoms with E-state index in [4.69, 9.17) is 5.11 Å². The lowest BCUT2D eigenvalue weighted by Crippen LogP contribution is -2.15. The Kier molecular flexibility index (Phi) is 4.01. The molecule has 7 heteroatoms. The van der Waals surface area contributed by atoms with Gasteiger partial charge < -0.3 is 5.11 Å². The van der Waals surface area contributed by atoms with E-state index in [1.54, 1.807) is 19.1 Å². The number of pyridine rings is 1. The Morgan fingerprint density at radius 3 is 2.65 bits per heavy atom. The average Bonchev–Trinajstić information content (AvgIpc) is 2.37. The fourth-order valence-electron chi connectivity index (χ4n) is 1.65. The summed E-state index contributed by atoms with van der Waals surface area (Å²) in [5.41, 5.74) is 0.941. The largest absolute Gasteiger partial charge is 0.392 e. The summed E-state index contributed by atoms with van der Waals surface area (Å²) >= 11 is 0. The molecule has 2 aromatic rings. The van der Waals surface area contributed by atoms with Gasteiger partial charge in [0.25, 0.3) is 10.0 Å². The summed E-state index contributed by atoms with van der Waals surface area (Å²) in [6, 6.07) is 8.28. The number of halogens is 1. The van der Waals surface area contributed by atoms with Crippen molar-refractivity contribution < 1.29 is 17.9 Å². The first-order valence-electron chi connectivity index (χ1n) is 5.78. The molecule has 0 saturated heterocycles. The van der Waals surface area contributed by atoms with Gasteiger partial charge in [-0.25, -0.2) is 17.8 Å². The highest BCUT2D eigenvalue weighted by molar-refractivity contribution is 7.92. The van der Waals surface area contributed by atoms with Crippen molar-refractivity contribution in [3.8, 4) is 0 Å². The molecule has 0 saturated carbocycles. The Morgan fingerprint density at radius 2 is 2.05 bits per heavy atom. The van der Waals surface area contributed by atoms with Crippen LogP contribution in [0.25, 0.3) is 0 Å².